The third-order valence-corrected chi connectivity index (χ3v) is 6.35. The number of H-pyrrole nitrogens is 1. The van der Waals surface area contributed by atoms with Crippen molar-refractivity contribution in [2.75, 3.05) is 0 Å². The number of halogens is 4. The molecule has 3 aliphatic carbocycles. The Hall–Kier alpha value is -3.37. The fraction of sp³-hybridized carbons (Fsp3) is 0.381. The lowest BCUT2D eigenvalue weighted by atomic mass is 9.63. The van der Waals surface area contributed by atoms with Gasteiger partial charge in [0.1, 0.15) is 12.0 Å². The van der Waals surface area contributed by atoms with E-state index in [-0.39, 0.29) is 22.8 Å². The Morgan fingerprint density at radius 3 is 2.66 bits per heavy atom. The second-order valence-corrected chi connectivity index (χ2v) is 8.14. The van der Waals surface area contributed by atoms with Gasteiger partial charge in [-0.1, -0.05) is 0 Å². The predicted molar refractivity (Wildman–Crippen MR) is 106 cm³/mol. The number of hydrogen-bond donors (Lipinski definition) is 2. The second-order valence-electron chi connectivity index (χ2n) is 8.14. The van der Waals surface area contributed by atoms with E-state index in [1.807, 2.05) is 0 Å². The highest BCUT2D eigenvalue weighted by molar-refractivity contribution is 6.05. The van der Waals surface area contributed by atoms with Crippen molar-refractivity contribution < 1.29 is 27.5 Å². The van der Waals surface area contributed by atoms with Gasteiger partial charge in [0, 0.05) is 29.1 Å². The van der Waals surface area contributed by atoms with Gasteiger partial charge >= 0.3 is 12.1 Å². The van der Waals surface area contributed by atoms with Crippen LogP contribution in [-0.4, -0.2) is 36.7 Å². The zero-order chi connectivity index (χ0) is 22.6. The van der Waals surface area contributed by atoms with E-state index in [0.717, 1.165) is 25.7 Å². The molecule has 11 heteroatoms. The van der Waals surface area contributed by atoms with Crippen molar-refractivity contribution in [2.45, 2.75) is 31.9 Å². The lowest BCUT2D eigenvalue weighted by Gasteiger charge is -2.41. The Balaban J connectivity index is 1.70. The van der Waals surface area contributed by atoms with E-state index < -0.39 is 41.0 Å². The smallest absolute Gasteiger partial charge is 0.418 e. The number of hydrogen-bond acceptors (Lipinski definition) is 5. The number of aromatic amines is 1. The van der Waals surface area contributed by atoms with E-state index in [9.17, 15) is 27.5 Å². The minimum atomic E-state index is -4.87. The molecule has 0 saturated heterocycles. The van der Waals surface area contributed by atoms with Crippen molar-refractivity contribution in [3.63, 3.8) is 0 Å². The number of carboxylic acid groups (broad SMARTS) is 1. The van der Waals surface area contributed by atoms with Crippen LogP contribution in [0.4, 0.5) is 23.4 Å². The molecular formula is C21H17F4N5O2. The molecule has 0 aromatic carbocycles. The topological polar surface area (TPSA) is 104 Å². The van der Waals surface area contributed by atoms with Crippen LogP contribution >= 0.6 is 0 Å². The molecular weight excluding hydrogens is 430 g/mol. The van der Waals surface area contributed by atoms with Crippen molar-refractivity contribution >= 4 is 28.5 Å². The summed E-state index contributed by atoms with van der Waals surface area (Å²) in [5, 5.41) is 9.98. The van der Waals surface area contributed by atoms with Gasteiger partial charge in [0.25, 0.3) is 0 Å². The number of rotatable bonds is 3. The monoisotopic (exact) mass is 447 g/mol. The van der Waals surface area contributed by atoms with Crippen molar-refractivity contribution in [3.8, 4) is 11.3 Å². The first-order chi connectivity index (χ1) is 15.2. The summed E-state index contributed by atoms with van der Waals surface area (Å²) < 4.78 is 56.0. The third-order valence-electron chi connectivity index (χ3n) is 6.35. The Labute approximate surface area is 178 Å². The highest BCUT2D eigenvalue weighted by Crippen LogP contribution is 2.45. The maximum absolute atomic E-state index is 14.8. The van der Waals surface area contributed by atoms with E-state index >= 15 is 0 Å². The predicted octanol–water partition coefficient (Wildman–Crippen LogP) is 4.77. The van der Waals surface area contributed by atoms with Gasteiger partial charge in [0.05, 0.1) is 17.2 Å². The highest BCUT2D eigenvalue weighted by atomic mass is 19.4. The molecule has 0 radical (unpaired) electrons. The molecule has 3 aromatic rings. The van der Waals surface area contributed by atoms with E-state index in [0.29, 0.717) is 17.4 Å². The Kier molecular flexibility index (Phi) is 4.72. The zero-order valence-electron chi connectivity index (χ0n) is 16.5. The van der Waals surface area contributed by atoms with Crippen molar-refractivity contribution in [1.29, 1.82) is 0 Å². The van der Waals surface area contributed by atoms with Gasteiger partial charge in [-0.15, -0.1) is 0 Å². The third kappa shape index (κ3) is 3.32. The number of aromatic nitrogens is 4. The van der Waals surface area contributed by atoms with Crippen LogP contribution in [0.5, 0.6) is 0 Å². The summed E-state index contributed by atoms with van der Waals surface area (Å²) in [6, 6.07) is 0.362. The van der Waals surface area contributed by atoms with Crippen LogP contribution in [0.15, 0.2) is 29.8 Å². The molecule has 166 valence electrons. The zero-order valence-corrected chi connectivity index (χ0v) is 16.5. The van der Waals surface area contributed by atoms with Gasteiger partial charge < -0.3 is 10.1 Å². The van der Waals surface area contributed by atoms with Gasteiger partial charge in [-0.3, -0.25) is 4.79 Å². The molecule has 1 atom stereocenters. The number of alkyl halides is 3. The average Bonchev–Trinajstić information content (AvgIpc) is 3.19. The molecule has 0 aliphatic heterocycles. The van der Waals surface area contributed by atoms with E-state index in [2.05, 4.69) is 24.9 Å². The summed E-state index contributed by atoms with van der Waals surface area (Å²) in [6.07, 6.45) is 1.94. The second kappa shape index (κ2) is 7.35. The average molecular weight is 447 g/mol. The van der Waals surface area contributed by atoms with Gasteiger partial charge in [-0.2, -0.15) is 13.2 Å². The van der Waals surface area contributed by atoms with Gasteiger partial charge in [0.15, 0.2) is 11.6 Å². The molecule has 3 aliphatic rings. The summed E-state index contributed by atoms with van der Waals surface area (Å²) >= 11 is 0. The minimum Gasteiger partial charge on any atom is -0.481 e. The molecule has 6 rings (SSSR count). The quantitative estimate of drug-likeness (QED) is 0.563. The Bertz CT molecular complexity index is 1240. The SMILES string of the molecule is O=C(O)[C@@H]1C(=Nc2nc(-c3c[nH]c4ncncc34)c(C(F)(F)F)cc2F)C2CCC1CC2. The van der Waals surface area contributed by atoms with E-state index in [4.69, 9.17) is 0 Å². The summed E-state index contributed by atoms with van der Waals surface area (Å²) in [5.41, 5.74) is -1.14. The van der Waals surface area contributed by atoms with Gasteiger partial charge in [-0.25, -0.2) is 24.3 Å². The van der Waals surface area contributed by atoms with Crippen molar-refractivity contribution in [3.05, 3.63) is 36.2 Å². The van der Waals surface area contributed by atoms with Gasteiger partial charge in [-0.05, 0) is 43.6 Å². The molecule has 7 nitrogen and oxygen atoms in total. The first-order valence-corrected chi connectivity index (χ1v) is 10.1. The standard InChI is InChI=1S/C21H17F4N5O2/c22-14-5-13(21(23,24)25)17(11-7-27-18-12(11)6-26-8-28-18)30-19(14)29-16-10-3-1-9(2-4-10)15(16)20(31)32/h5-10,15H,1-4H2,(H,31,32)(H,26,27,28)/t9?,10?,15-/m0/s1. The molecule has 0 amide bonds. The molecule has 3 aromatic heterocycles. The van der Waals surface area contributed by atoms with Crippen LogP contribution in [-0.2, 0) is 11.0 Å². The summed E-state index contributed by atoms with van der Waals surface area (Å²) in [5.74, 6) is -3.99. The van der Waals surface area contributed by atoms with Crippen LogP contribution in [0.1, 0.15) is 31.2 Å². The molecule has 2 N–H and O–H groups in total. The molecule has 3 heterocycles. The summed E-state index contributed by atoms with van der Waals surface area (Å²) in [7, 11) is 0. The van der Waals surface area contributed by atoms with Crippen LogP contribution in [0, 0.1) is 23.6 Å². The first kappa shape index (κ1) is 20.5. The maximum Gasteiger partial charge on any atom is 0.418 e. The van der Waals surface area contributed by atoms with Crippen molar-refractivity contribution in [1.82, 2.24) is 19.9 Å². The number of fused-ring (bicyclic) bond motifs is 4. The lowest BCUT2D eigenvalue weighted by molar-refractivity contribution is -0.142. The number of carboxylic acids is 1. The van der Waals surface area contributed by atoms with Crippen LogP contribution in [0.3, 0.4) is 0 Å². The molecule has 0 spiro atoms. The molecule has 2 bridgehead atoms. The normalized spacial score (nSPS) is 24.4. The van der Waals surface area contributed by atoms with Gasteiger partial charge in [0.2, 0.25) is 0 Å². The van der Waals surface area contributed by atoms with Crippen molar-refractivity contribution in [2.24, 2.45) is 22.7 Å². The number of nitrogens with one attached hydrogen (secondary N) is 1. The maximum atomic E-state index is 14.8. The number of pyridine rings is 1. The lowest BCUT2D eigenvalue weighted by Crippen LogP contribution is -2.44. The van der Waals surface area contributed by atoms with Crippen LogP contribution in [0.2, 0.25) is 0 Å². The van der Waals surface area contributed by atoms with Crippen LogP contribution < -0.4 is 0 Å². The molecule has 3 saturated carbocycles. The largest absolute Gasteiger partial charge is 0.481 e. The molecule has 0 unspecified atom stereocenters. The Morgan fingerprint density at radius 2 is 1.97 bits per heavy atom. The number of aliphatic imine (C=N–C) groups is 1. The Morgan fingerprint density at radius 1 is 1.22 bits per heavy atom. The number of nitrogens with zero attached hydrogens (tertiary/aromatic N) is 4. The molecule has 32 heavy (non-hydrogen) atoms. The highest BCUT2D eigenvalue weighted by Gasteiger charge is 2.45. The minimum absolute atomic E-state index is 0.0503. The molecule has 3 fully saturated rings. The summed E-state index contributed by atoms with van der Waals surface area (Å²) in [4.78, 5) is 30.6. The van der Waals surface area contributed by atoms with Crippen LogP contribution in [0.25, 0.3) is 22.3 Å². The van der Waals surface area contributed by atoms with E-state index in [1.165, 1.54) is 18.7 Å². The number of aliphatic carboxylic acids is 1. The fourth-order valence-corrected chi connectivity index (χ4v) is 4.89. The fourth-order valence-electron chi connectivity index (χ4n) is 4.89. The summed E-state index contributed by atoms with van der Waals surface area (Å²) in [6.45, 7) is 0. The first-order valence-electron chi connectivity index (χ1n) is 10.1. The number of carbonyl (C=O) groups is 1. The van der Waals surface area contributed by atoms with E-state index in [1.54, 1.807) is 0 Å².